The van der Waals surface area contributed by atoms with Crippen molar-refractivity contribution in [2.24, 2.45) is 0 Å². The summed E-state index contributed by atoms with van der Waals surface area (Å²) in [4.78, 5) is 14.0. The largest absolute Gasteiger partial charge is 0.366 e. The molecule has 0 aliphatic carbocycles. The van der Waals surface area contributed by atoms with Gasteiger partial charge in [-0.15, -0.1) is 0 Å². The summed E-state index contributed by atoms with van der Waals surface area (Å²) >= 11 is 0. The molecule has 20 heavy (non-hydrogen) atoms. The van der Waals surface area contributed by atoms with E-state index in [0.29, 0.717) is 19.6 Å². The number of rotatable bonds is 4. The van der Waals surface area contributed by atoms with Crippen molar-refractivity contribution in [2.75, 3.05) is 25.9 Å². The molecule has 1 rings (SSSR count). The van der Waals surface area contributed by atoms with Crippen LogP contribution >= 0.6 is 0 Å². The average Bonchev–Trinajstić information content (AvgIpc) is 2.24. The highest BCUT2D eigenvalue weighted by Crippen LogP contribution is 2.27. The number of ether oxygens (including phenoxy) is 1. The van der Waals surface area contributed by atoms with Gasteiger partial charge in [0.25, 0.3) is 0 Å². The number of nitrogens with one attached hydrogen (secondary N) is 1. The van der Waals surface area contributed by atoms with Gasteiger partial charge >= 0.3 is 6.03 Å². The molecular formula is C14H28N2O3S. The molecule has 1 N–H and O–H groups in total. The highest BCUT2D eigenvalue weighted by molar-refractivity contribution is 7.84. The van der Waals surface area contributed by atoms with Crippen molar-refractivity contribution in [1.29, 1.82) is 0 Å². The monoisotopic (exact) mass is 304 g/mol. The molecule has 118 valence electrons. The predicted octanol–water partition coefficient (Wildman–Crippen LogP) is 1.74. The van der Waals surface area contributed by atoms with Gasteiger partial charge in [-0.25, -0.2) is 4.79 Å². The van der Waals surface area contributed by atoms with Crippen molar-refractivity contribution in [3.8, 4) is 0 Å². The van der Waals surface area contributed by atoms with Gasteiger partial charge in [0.15, 0.2) is 0 Å². The first-order chi connectivity index (χ1) is 9.02. The topological polar surface area (TPSA) is 58.6 Å². The molecule has 2 amide bonds. The number of morpholine rings is 1. The standard InChI is InChI=1S/C14H28N2O3S/c1-11(20(6)18)7-8-15-12(17)16-9-13(2,3)19-14(4,5)10-16/h11H,7-10H2,1-6H3,(H,15,17)/t11-,20+/m1/s1. The average molecular weight is 304 g/mol. The third-order valence-electron chi connectivity index (χ3n) is 3.38. The lowest BCUT2D eigenvalue weighted by atomic mass is 9.99. The Labute approximate surface area is 124 Å². The first-order valence-corrected chi connectivity index (χ1v) is 8.70. The third kappa shape index (κ3) is 5.40. The quantitative estimate of drug-likeness (QED) is 0.861. The lowest BCUT2D eigenvalue weighted by molar-refractivity contribution is -0.170. The van der Waals surface area contributed by atoms with Crippen LogP contribution in [0.1, 0.15) is 41.0 Å². The van der Waals surface area contributed by atoms with Crippen molar-refractivity contribution < 1.29 is 13.7 Å². The summed E-state index contributed by atoms with van der Waals surface area (Å²) in [5.41, 5.74) is -0.672. The molecule has 0 bridgehead atoms. The molecule has 0 radical (unpaired) electrons. The molecular weight excluding hydrogens is 276 g/mol. The van der Waals surface area contributed by atoms with E-state index in [9.17, 15) is 9.00 Å². The Bertz CT molecular complexity index is 367. The maximum Gasteiger partial charge on any atom is 0.317 e. The smallest absolute Gasteiger partial charge is 0.317 e. The van der Waals surface area contributed by atoms with Crippen LogP contribution in [0.4, 0.5) is 4.79 Å². The fourth-order valence-electron chi connectivity index (χ4n) is 2.59. The van der Waals surface area contributed by atoms with Crippen LogP contribution in [0.5, 0.6) is 0 Å². The van der Waals surface area contributed by atoms with Crippen molar-refractivity contribution >= 4 is 16.8 Å². The van der Waals surface area contributed by atoms with Gasteiger partial charge in [-0.2, -0.15) is 0 Å². The fraction of sp³-hybridized carbons (Fsp3) is 0.929. The number of urea groups is 1. The summed E-state index contributed by atoms with van der Waals surface area (Å²) in [5.74, 6) is 0. The van der Waals surface area contributed by atoms with Gasteiger partial charge in [0, 0.05) is 28.9 Å². The molecule has 1 aliphatic rings. The third-order valence-corrected chi connectivity index (χ3v) is 4.75. The van der Waals surface area contributed by atoms with Crippen LogP contribution in [-0.4, -0.2) is 57.5 Å². The Hall–Kier alpha value is -0.620. The lowest BCUT2D eigenvalue weighted by Crippen LogP contribution is -2.60. The van der Waals surface area contributed by atoms with E-state index in [-0.39, 0.29) is 22.5 Å². The van der Waals surface area contributed by atoms with Crippen molar-refractivity contribution in [1.82, 2.24) is 10.2 Å². The Kier molecular flexibility index (Phi) is 5.61. The van der Waals surface area contributed by atoms with E-state index in [1.54, 1.807) is 11.2 Å². The minimum Gasteiger partial charge on any atom is -0.366 e. The lowest BCUT2D eigenvalue weighted by Gasteiger charge is -2.47. The number of amides is 2. The summed E-state index contributed by atoms with van der Waals surface area (Å²) in [6.07, 6.45) is 2.42. The molecule has 0 spiro atoms. The second-order valence-electron chi connectivity index (χ2n) is 6.81. The fourth-order valence-corrected chi connectivity index (χ4v) is 3.04. The summed E-state index contributed by atoms with van der Waals surface area (Å²) in [6, 6.07) is -0.0662. The normalized spacial score (nSPS) is 24.0. The molecule has 0 saturated carbocycles. The van der Waals surface area contributed by atoms with Crippen LogP contribution < -0.4 is 5.32 Å². The zero-order valence-electron chi connectivity index (χ0n) is 13.5. The van der Waals surface area contributed by atoms with E-state index in [1.165, 1.54) is 0 Å². The molecule has 5 nitrogen and oxygen atoms in total. The molecule has 0 aromatic heterocycles. The summed E-state index contributed by atoms with van der Waals surface area (Å²) in [5, 5.41) is 3.02. The Morgan fingerprint density at radius 3 is 2.25 bits per heavy atom. The predicted molar refractivity (Wildman–Crippen MR) is 82.4 cm³/mol. The molecule has 0 aromatic carbocycles. The molecule has 0 aromatic rings. The highest BCUT2D eigenvalue weighted by Gasteiger charge is 2.39. The zero-order chi connectivity index (χ0) is 15.6. The number of hydrogen-bond acceptors (Lipinski definition) is 3. The van der Waals surface area contributed by atoms with E-state index in [1.807, 2.05) is 34.6 Å². The number of carbonyl (C=O) groups is 1. The van der Waals surface area contributed by atoms with Gasteiger partial charge in [0.05, 0.1) is 24.3 Å². The van der Waals surface area contributed by atoms with Gasteiger partial charge in [-0.1, -0.05) is 6.92 Å². The number of carbonyl (C=O) groups excluding carboxylic acids is 1. The van der Waals surface area contributed by atoms with Crippen LogP contribution in [-0.2, 0) is 15.5 Å². The molecule has 1 saturated heterocycles. The highest BCUT2D eigenvalue weighted by atomic mass is 32.2. The molecule has 1 fully saturated rings. The Morgan fingerprint density at radius 2 is 1.80 bits per heavy atom. The van der Waals surface area contributed by atoms with Gasteiger partial charge in [-0.3, -0.25) is 4.21 Å². The van der Waals surface area contributed by atoms with Crippen molar-refractivity contribution in [3.05, 3.63) is 0 Å². The van der Waals surface area contributed by atoms with Gasteiger partial charge < -0.3 is 15.0 Å². The summed E-state index contributed by atoms with van der Waals surface area (Å²) in [6.45, 7) is 11.6. The van der Waals surface area contributed by atoms with Gasteiger partial charge in [-0.05, 0) is 34.1 Å². The second kappa shape index (κ2) is 6.43. The number of hydrogen-bond donors (Lipinski definition) is 1. The Morgan fingerprint density at radius 1 is 1.30 bits per heavy atom. The maximum atomic E-state index is 12.2. The Balaban J connectivity index is 2.49. The van der Waals surface area contributed by atoms with Crippen molar-refractivity contribution in [3.63, 3.8) is 0 Å². The van der Waals surface area contributed by atoms with Crippen LogP contribution in [0.3, 0.4) is 0 Å². The van der Waals surface area contributed by atoms with E-state index >= 15 is 0 Å². The van der Waals surface area contributed by atoms with Crippen molar-refractivity contribution in [2.45, 2.75) is 57.5 Å². The molecule has 0 unspecified atom stereocenters. The van der Waals surface area contributed by atoms with Gasteiger partial charge in [0.2, 0.25) is 0 Å². The summed E-state index contributed by atoms with van der Waals surface area (Å²) < 4.78 is 17.2. The van der Waals surface area contributed by atoms with E-state index < -0.39 is 10.8 Å². The van der Waals surface area contributed by atoms with Gasteiger partial charge in [0.1, 0.15) is 0 Å². The minimum absolute atomic E-state index is 0.0662. The molecule has 1 aliphatic heterocycles. The summed E-state index contributed by atoms with van der Waals surface area (Å²) in [7, 11) is -0.840. The van der Waals surface area contributed by atoms with Crippen LogP contribution in [0.15, 0.2) is 0 Å². The van der Waals surface area contributed by atoms with E-state index in [2.05, 4.69) is 5.32 Å². The molecule has 1 heterocycles. The maximum absolute atomic E-state index is 12.2. The second-order valence-corrected chi connectivity index (χ2v) is 8.61. The molecule has 2 atom stereocenters. The zero-order valence-corrected chi connectivity index (χ0v) is 14.3. The van der Waals surface area contributed by atoms with E-state index in [4.69, 9.17) is 4.74 Å². The molecule has 6 heteroatoms. The van der Waals surface area contributed by atoms with E-state index in [0.717, 1.165) is 6.42 Å². The van der Waals surface area contributed by atoms with Crippen LogP contribution in [0.25, 0.3) is 0 Å². The SMILES string of the molecule is C[C@H](CCNC(=O)N1CC(C)(C)OC(C)(C)C1)[S@](C)=O. The first kappa shape index (κ1) is 17.4. The first-order valence-electron chi connectivity index (χ1n) is 7.08. The van der Waals surface area contributed by atoms with Crippen LogP contribution in [0, 0.1) is 0 Å². The number of nitrogens with zero attached hydrogens (tertiary/aromatic N) is 1. The van der Waals surface area contributed by atoms with Crippen LogP contribution in [0.2, 0.25) is 0 Å². The minimum atomic E-state index is -0.840.